The highest BCUT2D eigenvalue weighted by molar-refractivity contribution is 5.77. The summed E-state index contributed by atoms with van der Waals surface area (Å²) in [6, 6.07) is -0.200. The van der Waals surface area contributed by atoms with E-state index in [1.165, 1.54) is 0 Å². The third-order valence-electron chi connectivity index (χ3n) is 3.32. The summed E-state index contributed by atoms with van der Waals surface area (Å²) in [5, 5.41) is 14.3. The van der Waals surface area contributed by atoms with Crippen LogP contribution >= 0.6 is 0 Å². The molecule has 1 rings (SSSR count). The second-order valence-corrected chi connectivity index (χ2v) is 5.38. The number of rotatable bonds is 5. The van der Waals surface area contributed by atoms with Crippen molar-refractivity contribution in [2.75, 3.05) is 13.7 Å². The molecule has 2 atom stereocenters. The molecule has 2 amide bonds. The third kappa shape index (κ3) is 4.18. The van der Waals surface area contributed by atoms with Crippen LogP contribution in [-0.4, -0.2) is 42.9 Å². The van der Waals surface area contributed by atoms with Gasteiger partial charge in [0.1, 0.15) is 0 Å². The first kappa shape index (κ1) is 14.8. The third-order valence-corrected chi connectivity index (χ3v) is 3.32. The van der Waals surface area contributed by atoms with Gasteiger partial charge in [-0.05, 0) is 33.1 Å². The van der Waals surface area contributed by atoms with E-state index < -0.39 is 11.4 Å². The summed E-state index contributed by atoms with van der Waals surface area (Å²) in [6.07, 6.45) is 2.87. The van der Waals surface area contributed by atoms with Gasteiger partial charge in [-0.25, -0.2) is 4.79 Å². The van der Waals surface area contributed by atoms with Crippen molar-refractivity contribution in [1.82, 2.24) is 10.6 Å². The van der Waals surface area contributed by atoms with Crippen LogP contribution in [0.3, 0.4) is 0 Å². The van der Waals surface area contributed by atoms with Crippen molar-refractivity contribution in [1.29, 1.82) is 0 Å². The smallest absolute Gasteiger partial charge is 0.315 e. The molecule has 18 heavy (non-hydrogen) atoms. The molecule has 6 nitrogen and oxygen atoms in total. The summed E-state index contributed by atoms with van der Waals surface area (Å²) in [5.41, 5.74) is -0.956. The summed E-state index contributed by atoms with van der Waals surface area (Å²) >= 11 is 0. The highest BCUT2D eigenvalue weighted by Gasteiger charge is 2.29. The number of aliphatic carboxylic acids is 1. The minimum absolute atomic E-state index is 0.106. The fraction of sp³-hybridized carbons (Fsp3) is 0.833. The van der Waals surface area contributed by atoms with Crippen LogP contribution in [0.4, 0.5) is 4.79 Å². The number of carbonyl (C=O) groups excluding carboxylic acids is 1. The summed E-state index contributed by atoms with van der Waals surface area (Å²) in [5.74, 6) is -0.928. The largest absolute Gasteiger partial charge is 0.481 e. The van der Waals surface area contributed by atoms with Gasteiger partial charge in [0, 0.05) is 19.7 Å². The van der Waals surface area contributed by atoms with Crippen LogP contribution in [0.25, 0.3) is 0 Å². The van der Waals surface area contributed by atoms with E-state index in [9.17, 15) is 9.59 Å². The van der Waals surface area contributed by atoms with Crippen LogP contribution in [0.1, 0.15) is 33.1 Å². The van der Waals surface area contributed by atoms with Gasteiger partial charge in [-0.15, -0.1) is 0 Å². The van der Waals surface area contributed by atoms with Crippen molar-refractivity contribution in [2.24, 2.45) is 5.41 Å². The summed E-state index contributed by atoms with van der Waals surface area (Å²) in [4.78, 5) is 22.5. The van der Waals surface area contributed by atoms with E-state index in [4.69, 9.17) is 9.84 Å². The van der Waals surface area contributed by atoms with Gasteiger partial charge in [-0.1, -0.05) is 0 Å². The Labute approximate surface area is 107 Å². The minimum Gasteiger partial charge on any atom is -0.481 e. The van der Waals surface area contributed by atoms with Gasteiger partial charge in [-0.3, -0.25) is 4.79 Å². The number of nitrogens with one attached hydrogen (secondary N) is 2. The summed E-state index contributed by atoms with van der Waals surface area (Å²) in [7, 11) is 1.67. The maximum absolute atomic E-state index is 11.6. The van der Waals surface area contributed by atoms with Crippen molar-refractivity contribution in [2.45, 2.75) is 45.3 Å². The van der Waals surface area contributed by atoms with E-state index in [-0.39, 0.29) is 24.7 Å². The number of methoxy groups -OCH3 is 1. The number of hydrogen-bond acceptors (Lipinski definition) is 3. The molecular formula is C12H22N2O4. The predicted molar refractivity (Wildman–Crippen MR) is 66.4 cm³/mol. The Bertz CT molecular complexity index is 317. The zero-order chi connectivity index (χ0) is 13.8. The molecule has 0 bridgehead atoms. The van der Waals surface area contributed by atoms with E-state index in [1.807, 2.05) is 0 Å². The Kier molecular flexibility index (Phi) is 4.95. The molecule has 0 heterocycles. The lowest BCUT2D eigenvalue weighted by Crippen LogP contribution is -2.46. The molecule has 104 valence electrons. The quantitative estimate of drug-likeness (QED) is 0.685. The first-order valence-corrected chi connectivity index (χ1v) is 6.15. The Morgan fingerprint density at radius 2 is 2.06 bits per heavy atom. The van der Waals surface area contributed by atoms with E-state index >= 15 is 0 Å². The van der Waals surface area contributed by atoms with Gasteiger partial charge in [0.2, 0.25) is 0 Å². The molecule has 3 N–H and O–H groups in total. The van der Waals surface area contributed by atoms with Crippen LogP contribution in [0, 0.1) is 5.41 Å². The molecule has 0 spiro atoms. The van der Waals surface area contributed by atoms with Crippen molar-refractivity contribution < 1.29 is 19.4 Å². The maximum Gasteiger partial charge on any atom is 0.315 e. The molecule has 0 saturated heterocycles. The van der Waals surface area contributed by atoms with Crippen molar-refractivity contribution in [3.05, 3.63) is 0 Å². The van der Waals surface area contributed by atoms with E-state index in [0.717, 1.165) is 19.3 Å². The lowest BCUT2D eigenvalue weighted by atomic mass is 9.94. The van der Waals surface area contributed by atoms with Crippen LogP contribution in [-0.2, 0) is 9.53 Å². The zero-order valence-corrected chi connectivity index (χ0v) is 11.2. The van der Waals surface area contributed by atoms with E-state index in [0.29, 0.717) is 0 Å². The fourth-order valence-corrected chi connectivity index (χ4v) is 1.90. The number of carboxylic acids is 1. The van der Waals surface area contributed by atoms with Gasteiger partial charge in [0.05, 0.1) is 11.5 Å². The van der Waals surface area contributed by atoms with E-state index in [2.05, 4.69) is 10.6 Å². The molecule has 0 radical (unpaired) electrons. The molecule has 1 aliphatic carbocycles. The molecule has 2 unspecified atom stereocenters. The first-order valence-electron chi connectivity index (χ1n) is 6.15. The van der Waals surface area contributed by atoms with Gasteiger partial charge in [0.25, 0.3) is 0 Å². The molecule has 1 fully saturated rings. The van der Waals surface area contributed by atoms with Gasteiger partial charge < -0.3 is 20.5 Å². The molecule has 0 aromatic rings. The maximum atomic E-state index is 11.6. The Balaban J connectivity index is 2.28. The topological polar surface area (TPSA) is 87.7 Å². The highest BCUT2D eigenvalue weighted by Crippen LogP contribution is 2.21. The molecular weight excluding hydrogens is 236 g/mol. The Hall–Kier alpha value is -1.30. The van der Waals surface area contributed by atoms with Crippen LogP contribution < -0.4 is 10.6 Å². The summed E-state index contributed by atoms with van der Waals surface area (Å²) in [6.45, 7) is 3.26. The van der Waals surface area contributed by atoms with E-state index in [1.54, 1.807) is 21.0 Å². The molecule has 0 aromatic heterocycles. The molecule has 0 aliphatic heterocycles. The molecule has 1 aliphatic rings. The van der Waals surface area contributed by atoms with Gasteiger partial charge >= 0.3 is 12.0 Å². The number of urea groups is 1. The Morgan fingerprint density at radius 3 is 2.56 bits per heavy atom. The first-order chi connectivity index (χ1) is 8.35. The van der Waals surface area contributed by atoms with Crippen molar-refractivity contribution in [3.8, 4) is 0 Å². The van der Waals surface area contributed by atoms with Crippen LogP contribution in [0.5, 0.6) is 0 Å². The second-order valence-electron chi connectivity index (χ2n) is 5.38. The average molecular weight is 258 g/mol. The van der Waals surface area contributed by atoms with Crippen LogP contribution in [0.2, 0.25) is 0 Å². The van der Waals surface area contributed by atoms with Crippen LogP contribution in [0.15, 0.2) is 0 Å². The van der Waals surface area contributed by atoms with Crippen molar-refractivity contribution in [3.63, 3.8) is 0 Å². The summed E-state index contributed by atoms with van der Waals surface area (Å²) < 4.78 is 5.22. The number of carbonyl (C=O) groups is 2. The monoisotopic (exact) mass is 258 g/mol. The van der Waals surface area contributed by atoms with Gasteiger partial charge in [-0.2, -0.15) is 0 Å². The normalized spacial score (nSPS) is 23.7. The predicted octanol–water partition coefficient (Wildman–Crippen LogP) is 0.964. The SMILES string of the molecule is COC1CCC(NC(=O)NCC(C)(C)C(=O)O)C1. The number of carboxylic acid groups (broad SMARTS) is 1. The van der Waals surface area contributed by atoms with Gasteiger partial charge in [0.15, 0.2) is 0 Å². The lowest BCUT2D eigenvalue weighted by Gasteiger charge is -2.21. The number of amides is 2. The molecule has 1 saturated carbocycles. The zero-order valence-electron chi connectivity index (χ0n) is 11.2. The van der Waals surface area contributed by atoms with Crippen molar-refractivity contribution >= 4 is 12.0 Å². The average Bonchev–Trinajstić information content (AvgIpc) is 2.74. The molecule has 0 aromatic carbocycles. The highest BCUT2D eigenvalue weighted by atomic mass is 16.5. The lowest BCUT2D eigenvalue weighted by molar-refractivity contribution is -0.146. The minimum atomic E-state index is -0.956. The fourth-order valence-electron chi connectivity index (χ4n) is 1.90. The second kappa shape index (κ2) is 6.04. The number of ether oxygens (including phenoxy) is 1. The Morgan fingerprint density at radius 1 is 1.39 bits per heavy atom. The number of hydrogen-bond donors (Lipinski definition) is 3. The standard InChI is InChI=1S/C12H22N2O4/c1-12(2,10(15)16)7-13-11(17)14-8-4-5-9(6-8)18-3/h8-9H,4-7H2,1-3H3,(H,15,16)(H2,13,14,17). The molecule has 6 heteroatoms.